The zero-order valence-corrected chi connectivity index (χ0v) is 16.3. The summed E-state index contributed by atoms with van der Waals surface area (Å²) in [5.41, 5.74) is 1.70. The van der Waals surface area contributed by atoms with Crippen molar-refractivity contribution in [2.24, 2.45) is 5.92 Å². The highest BCUT2D eigenvalue weighted by Crippen LogP contribution is 2.26. The lowest BCUT2D eigenvalue weighted by atomic mass is 9.83. The molecule has 2 aromatic rings. The minimum absolute atomic E-state index is 0.183. The highest BCUT2D eigenvalue weighted by molar-refractivity contribution is 5.92. The second kappa shape index (κ2) is 10.2. The molecule has 2 N–H and O–H groups in total. The summed E-state index contributed by atoms with van der Waals surface area (Å²) in [6.45, 7) is 0. The van der Waals surface area contributed by atoms with Crippen molar-refractivity contribution in [2.75, 3.05) is 0 Å². The van der Waals surface area contributed by atoms with Crippen LogP contribution in [-0.4, -0.2) is 17.9 Å². The second-order valence-corrected chi connectivity index (χ2v) is 7.23. The Labute approximate surface area is 171 Å². The Hall–Kier alpha value is -3.39. The van der Waals surface area contributed by atoms with Crippen molar-refractivity contribution in [2.45, 2.75) is 37.8 Å². The summed E-state index contributed by atoms with van der Waals surface area (Å²) >= 11 is 0. The van der Waals surface area contributed by atoms with E-state index in [4.69, 9.17) is 0 Å². The van der Waals surface area contributed by atoms with Gasteiger partial charge in [0, 0.05) is 12.1 Å². The van der Waals surface area contributed by atoms with E-state index < -0.39 is 6.04 Å². The quantitative estimate of drug-likeness (QED) is 0.741. The molecule has 1 aliphatic rings. The molecule has 5 heteroatoms. The molecule has 2 aromatic carbocycles. The Balaban J connectivity index is 1.62. The van der Waals surface area contributed by atoms with Crippen LogP contribution in [0, 0.1) is 17.2 Å². The number of nitrogens with zero attached hydrogens (tertiary/aromatic N) is 1. The van der Waals surface area contributed by atoms with Crippen LogP contribution in [0.3, 0.4) is 0 Å². The number of hydrogen-bond acceptors (Lipinski definition) is 3. The lowest BCUT2D eigenvalue weighted by Crippen LogP contribution is -2.48. The molecule has 3 atom stereocenters. The SMILES string of the molecule is N#C[C@H](NC(=O)[C@@H]1CCCC[C@@H]1NC(=O)/C=C\c1ccccc1)c1ccccc1. The second-order valence-electron chi connectivity index (χ2n) is 7.23. The van der Waals surface area contributed by atoms with Crippen molar-refractivity contribution in [1.29, 1.82) is 5.26 Å². The van der Waals surface area contributed by atoms with E-state index in [1.165, 1.54) is 6.08 Å². The number of carbonyl (C=O) groups excluding carboxylic acids is 2. The smallest absolute Gasteiger partial charge is 0.244 e. The zero-order valence-electron chi connectivity index (χ0n) is 16.3. The molecular weight excluding hydrogens is 362 g/mol. The summed E-state index contributed by atoms with van der Waals surface area (Å²) in [6, 6.07) is 20.0. The molecule has 0 radical (unpaired) electrons. The molecule has 2 amide bonds. The Kier molecular flexibility index (Phi) is 7.18. The van der Waals surface area contributed by atoms with Gasteiger partial charge < -0.3 is 10.6 Å². The van der Waals surface area contributed by atoms with Gasteiger partial charge >= 0.3 is 0 Å². The van der Waals surface area contributed by atoms with Gasteiger partial charge in [-0.1, -0.05) is 73.5 Å². The average Bonchev–Trinajstić information content (AvgIpc) is 2.77. The monoisotopic (exact) mass is 387 g/mol. The lowest BCUT2D eigenvalue weighted by Gasteiger charge is -2.31. The maximum atomic E-state index is 12.9. The van der Waals surface area contributed by atoms with Crippen LogP contribution >= 0.6 is 0 Å². The molecule has 29 heavy (non-hydrogen) atoms. The summed E-state index contributed by atoms with van der Waals surface area (Å²) in [5, 5.41) is 15.3. The zero-order chi connectivity index (χ0) is 20.5. The predicted molar refractivity (Wildman–Crippen MR) is 112 cm³/mol. The Morgan fingerprint density at radius 1 is 1.00 bits per heavy atom. The third-order valence-corrected chi connectivity index (χ3v) is 5.21. The van der Waals surface area contributed by atoms with Gasteiger partial charge in [-0.25, -0.2) is 0 Å². The van der Waals surface area contributed by atoms with Gasteiger partial charge in [-0.3, -0.25) is 9.59 Å². The first-order chi connectivity index (χ1) is 14.2. The molecule has 0 unspecified atom stereocenters. The van der Waals surface area contributed by atoms with Crippen molar-refractivity contribution in [3.05, 3.63) is 77.9 Å². The molecule has 0 aliphatic heterocycles. The standard InChI is InChI=1S/C24H25N3O2/c25-17-22(19-11-5-2-6-12-19)27-24(29)20-13-7-8-14-21(20)26-23(28)16-15-18-9-3-1-4-10-18/h1-6,9-12,15-16,20-22H,7-8,13-14H2,(H,26,28)(H,27,29)/b16-15-/t20-,21+,22+/m1/s1. The fourth-order valence-corrected chi connectivity index (χ4v) is 3.67. The number of nitriles is 1. The van der Waals surface area contributed by atoms with Crippen molar-refractivity contribution in [3.8, 4) is 6.07 Å². The maximum Gasteiger partial charge on any atom is 0.244 e. The summed E-state index contributed by atoms with van der Waals surface area (Å²) in [6.07, 6.45) is 6.62. The van der Waals surface area contributed by atoms with Gasteiger partial charge in [-0.15, -0.1) is 0 Å². The van der Waals surface area contributed by atoms with Crippen molar-refractivity contribution >= 4 is 17.9 Å². The fraction of sp³-hybridized carbons (Fsp3) is 0.292. The van der Waals surface area contributed by atoms with Crippen LogP contribution < -0.4 is 10.6 Å². The molecule has 148 valence electrons. The molecule has 1 aliphatic carbocycles. The number of hydrogen-bond donors (Lipinski definition) is 2. The topological polar surface area (TPSA) is 82.0 Å². The van der Waals surface area contributed by atoms with E-state index in [0.29, 0.717) is 6.42 Å². The van der Waals surface area contributed by atoms with E-state index in [9.17, 15) is 14.9 Å². The van der Waals surface area contributed by atoms with E-state index in [1.54, 1.807) is 6.08 Å². The fourth-order valence-electron chi connectivity index (χ4n) is 3.67. The summed E-state index contributed by atoms with van der Waals surface area (Å²) < 4.78 is 0. The van der Waals surface area contributed by atoms with Crippen LogP contribution in [0.15, 0.2) is 66.7 Å². The highest BCUT2D eigenvalue weighted by atomic mass is 16.2. The molecule has 1 saturated carbocycles. The largest absolute Gasteiger partial charge is 0.349 e. The van der Waals surface area contributed by atoms with Gasteiger partial charge in [0.1, 0.15) is 6.04 Å². The maximum absolute atomic E-state index is 12.9. The summed E-state index contributed by atoms with van der Waals surface area (Å²) in [5.74, 6) is -0.728. The van der Waals surface area contributed by atoms with Crippen molar-refractivity contribution < 1.29 is 9.59 Å². The molecule has 0 spiro atoms. The van der Waals surface area contributed by atoms with Crippen molar-refractivity contribution in [3.63, 3.8) is 0 Å². The minimum atomic E-state index is -0.694. The van der Waals surface area contributed by atoms with E-state index in [1.807, 2.05) is 60.7 Å². The van der Waals surface area contributed by atoms with Crippen molar-refractivity contribution in [1.82, 2.24) is 10.6 Å². The number of rotatable bonds is 6. The van der Waals surface area contributed by atoms with Gasteiger partial charge in [-0.2, -0.15) is 5.26 Å². The molecule has 3 rings (SSSR count). The summed E-state index contributed by atoms with van der Waals surface area (Å²) in [7, 11) is 0. The van der Waals surface area contributed by atoms with Crippen LogP contribution in [0.1, 0.15) is 42.9 Å². The molecular formula is C24H25N3O2. The number of amides is 2. The van der Waals surface area contributed by atoms with E-state index in [2.05, 4.69) is 16.7 Å². The van der Waals surface area contributed by atoms with Gasteiger partial charge in [0.25, 0.3) is 0 Å². The number of nitrogens with one attached hydrogen (secondary N) is 2. The van der Waals surface area contributed by atoms with Gasteiger partial charge in [0.15, 0.2) is 0 Å². The van der Waals surface area contributed by atoms with Crippen LogP contribution in [0.5, 0.6) is 0 Å². The Morgan fingerprint density at radius 3 is 2.34 bits per heavy atom. The van der Waals surface area contributed by atoms with E-state index >= 15 is 0 Å². The first-order valence-electron chi connectivity index (χ1n) is 9.96. The molecule has 5 nitrogen and oxygen atoms in total. The van der Waals surface area contributed by atoms with Gasteiger partial charge in [0.2, 0.25) is 11.8 Å². The lowest BCUT2D eigenvalue weighted by molar-refractivity contribution is -0.128. The third kappa shape index (κ3) is 5.79. The molecule has 0 saturated heterocycles. The molecule has 0 aromatic heterocycles. The predicted octanol–water partition coefficient (Wildman–Crippen LogP) is 3.76. The first-order valence-corrected chi connectivity index (χ1v) is 9.96. The van der Waals surface area contributed by atoms with Crippen LogP contribution in [0.4, 0.5) is 0 Å². The van der Waals surface area contributed by atoms with Crippen LogP contribution in [0.25, 0.3) is 6.08 Å². The average molecular weight is 387 g/mol. The normalized spacial score (nSPS) is 19.8. The highest BCUT2D eigenvalue weighted by Gasteiger charge is 2.32. The van der Waals surface area contributed by atoms with Crippen LogP contribution in [-0.2, 0) is 9.59 Å². The molecule has 1 fully saturated rings. The Bertz CT molecular complexity index is 887. The van der Waals surface area contributed by atoms with Gasteiger partial charge in [-0.05, 0) is 30.0 Å². The third-order valence-electron chi connectivity index (χ3n) is 5.21. The molecule has 0 bridgehead atoms. The Morgan fingerprint density at radius 2 is 1.66 bits per heavy atom. The number of benzene rings is 2. The van der Waals surface area contributed by atoms with Crippen LogP contribution in [0.2, 0.25) is 0 Å². The van der Waals surface area contributed by atoms with E-state index in [-0.39, 0.29) is 23.8 Å². The number of carbonyl (C=O) groups is 2. The van der Waals surface area contributed by atoms with E-state index in [0.717, 1.165) is 30.4 Å². The first kappa shape index (κ1) is 20.3. The van der Waals surface area contributed by atoms with Gasteiger partial charge in [0.05, 0.1) is 12.0 Å². The summed E-state index contributed by atoms with van der Waals surface area (Å²) in [4.78, 5) is 25.3. The molecule has 0 heterocycles. The minimum Gasteiger partial charge on any atom is -0.349 e.